The van der Waals surface area contributed by atoms with Crippen molar-refractivity contribution in [1.29, 1.82) is 0 Å². The number of piperidine rings is 1. The van der Waals surface area contributed by atoms with E-state index in [4.69, 9.17) is 4.74 Å². The predicted molar refractivity (Wildman–Crippen MR) is 98.9 cm³/mol. The average Bonchev–Trinajstić information content (AvgIpc) is 2.83. The predicted octanol–water partition coefficient (Wildman–Crippen LogP) is 4.64. The lowest BCUT2D eigenvalue weighted by atomic mass is 9.80. The van der Waals surface area contributed by atoms with Gasteiger partial charge in [0.2, 0.25) is 0 Å². The molecule has 0 atom stereocenters. The lowest BCUT2D eigenvalue weighted by Crippen LogP contribution is -2.47. The van der Waals surface area contributed by atoms with Gasteiger partial charge in [-0.05, 0) is 66.4 Å². The number of halogens is 1. The lowest BCUT2D eigenvalue weighted by Gasteiger charge is -2.39. The van der Waals surface area contributed by atoms with E-state index in [1.165, 1.54) is 9.35 Å². The topological polar surface area (TPSA) is 41.6 Å². The largest absolute Gasteiger partial charge is 0.444 e. The number of carbonyl (C=O) groups excluding carboxylic acids is 1. The van der Waals surface area contributed by atoms with Crippen LogP contribution >= 0.6 is 27.3 Å². The third kappa shape index (κ3) is 5.76. The fraction of sp³-hybridized carbons (Fsp3) is 0.706. The maximum atomic E-state index is 12.1. The summed E-state index contributed by atoms with van der Waals surface area (Å²) in [5.41, 5.74) is -0.185. The van der Waals surface area contributed by atoms with E-state index in [2.05, 4.69) is 39.6 Å². The Hall–Kier alpha value is -0.590. The van der Waals surface area contributed by atoms with Crippen LogP contribution in [0.5, 0.6) is 0 Å². The fourth-order valence-electron chi connectivity index (χ4n) is 2.66. The van der Waals surface area contributed by atoms with Crippen LogP contribution in [0.25, 0.3) is 0 Å². The van der Waals surface area contributed by atoms with Gasteiger partial charge in [0.1, 0.15) is 5.60 Å². The van der Waals surface area contributed by atoms with Gasteiger partial charge in [-0.2, -0.15) is 0 Å². The number of rotatable bonds is 4. The van der Waals surface area contributed by atoms with Crippen LogP contribution < -0.4 is 5.32 Å². The van der Waals surface area contributed by atoms with Crippen LogP contribution in [0.1, 0.15) is 45.4 Å². The van der Waals surface area contributed by atoms with Gasteiger partial charge in [0.25, 0.3) is 0 Å². The second kappa shape index (κ2) is 7.53. The van der Waals surface area contributed by atoms with E-state index in [0.29, 0.717) is 0 Å². The van der Waals surface area contributed by atoms with Crippen LogP contribution in [0.15, 0.2) is 15.9 Å². The van der Waals surface area contributed by atoms with Crippen LogP contribution in [0.3, 0.4) is 0 Å². The summed E-state index contributed by atoms with van der Waals surface area (Å²) in [5.74, 6) is 0. The van der Waals surface area contributed by atoms with Gasteiger partial charge >= 0.3 is 6.09 Å². The molecule has 6 heteroatoms. The first kappa shape index (κ1) is 18.7. The van der Waals surface area contributed by atoms with Crippen LogP contribution in [0, 0.1) is 5.41 Å². The number of likely N-dealkylation sites (tertiary alicyclic amines) is 1. The molecule has 2 heterocycles. The molecular formula is C17H27BrN2O2S. The highest BCUT2D eigenvalue weighted by atomic mass is 79.9. The first-order chi connectivity index (χ1) is 10.7. The Kier molecular flexibility index (Phi) is 6.14. The molecule has 0 radical (unpaired) electrons. The minimum absolute atomic E-state index is 0.185. The summed E-state index contributed by atoms with van der Waals surface area (Å²) in [7, 11) is 0. The molecule has 1 aromatic rings. The normalized spacial score (nSPS) is 18.0. The summed E-state index contributed by atoms with van der Waals surface area (Å²) in [4.78, 5) is 15.3. The maximum Gasteiger partial charge on any atom is 0.410 e. The second-order valence-corrected chi connectivity index (χ2v) is 9.43. The molecule has 4 nitrogen and oxygen atoms in total. The number of amides is 1. The number of carbonyl (C=O) groups is 1. The summed E-state index contributed by atoms with van der Waals surface area (Å²) >= 11 is 5.33. The van der Waals surface area contributed by atoms with E-state index < -0.39 is 5.60 Å². The zero-order valence-corrected chi connectivity index (χ0v) is 16.8. The first-order valence-electron chi connectivity index (χ1n) is 8.09. The molecule has 0 bridgehead atoms. The van der Waals surface area contributed by atoms with Crippen molar-refractivity contribution in [3.63, 3.8) is 0 Å². The number of ether oxygens (including phenoxy) is 1. The van der Waals surface area contributed by atoms with Crippen LogP contribution in [-0.2, 0) is 11.3 Å². The molecule has 1 aliphatic rings. The number of hydrogen-bond acceptors (Lipinski definition) is 4. The summed E-state index contributed by atoms with van der Waals surface area (Å²) in [6, 6.07) is 2.09. The molecule has 130 valence electrons. The standard InChI is InChI=1S/C17H27BrN2O2S/c1-16(2,3)22-15(21)20-8-6-17(4,7-9-20)12-19-11-14-13(18)5-10-23-14/h5,10,19H,6-9,11-12H2,1-4H3. The quantitative estimate of drug-likeness (QED) is 0.797. The molecule has 1 saturated heterocycles. The maximum absolute atomic E-state index is 12.1. The van der Waals surface area contributed by atoms with Gasteiger partial charge in [-0.3, -0.25) is 0 Å². The van der Waals surface area contributed by atoms with E-state index in [-0.39, 0.29) is 11.5 Å². The van der Waals surface area contributed by atoms with E-state index >= 15 is 0 Å². The molecular weight excluding hydrogens is 376 g/mol. The van der Waals surface area contributed by atoms with Crippen molar-refractivity contribution in [2.75, 3.05) is 19.6 Å². The molecule has 0 unspecified atom stereocenters. The van der Waals surface area contributed by atoms with Crippen molar-refractivity contribution in [3.8, 4) is 0 Å². The molecule has 2 rings (SSSR count). The zero-order chi connectivity index (χ0) is 17.1. The molecule has 1 aliphatic heterocycles. The van der Waals surface area contributed by atoms with Crippen molar-refractivity contribution in [2.24, 2.45) is 5.41 Å². The van der Waals surface area contributed by atoms with Gasteiger partial charge in [0.15, 0.2) is 0 Å². The SMILES string of the molecule is CC1(CNCc2sccc2Br)CCN(C(=O)OC(C)(C)C)CC1. The van der Waals surface area contributed by atoms with Crippen molar-refractivity contribution < 1.29 is 9.53 Å². The number of nitrogens with one attached hydrogen (secondary N) is 1. The highest BCUT2D eigenvalue weighted by Gasteiger charge is 2.33. The Morgan fingerprint density at radius 3 is 2.61 bits per heavy atom. The second-order valence-electron chi connectivity index (χ2n) is 7.57. The number of hydrogen-bond donors (Lipinski definition) is 1. The van der Waals surface area contributed by atoms with Crippen molar-refractivity contribution in [1.82, 2.24) is 10.2 Å². The lowest BCUT2D eigenvalue weighted by molar-refractivity contribution is 0.0119. The summed E-state index contributed by atoms with van der Waals surface area (Å²) in [6.07, 6.45) is 1.82. The Morgan fingerprint density at radius 2 is 2.09 bits per heavy atom. The first-order valence-corrected chi connectivity index (χ1v) is 9.76. The highest BCUT2D eigenvalue weighted by molar-refractivity contribution is 9.10. The molecule has 0 spiro atoms. The minimum Gasteiger partial charge on any atom is -0.444 e. The van der Waals surface area contributed by atoms with Crippen molar-refractivity contribution in [2.45, 2.75) is 52.7 Å². The van der Waals surface area contributed by atoms with Gasteiger partial charge in [-0.25, -0.2) is 4.79 Å². The molecule has 1 N–H and O–H groups in total. The van der Waals surface area contributed by atoms with Crippen LogP contribution in [0.4, 0.5) is 4.79 Å². The molecule has 1 fully saturated rings. The van der Waals surface area contributed by atoms with E-state index in [1.54, 1.807) is 11.3 Å². The van der Waals surface area contributed by atoms with Crippen molar-refractivity contribution in [3.05, 3.63) is 20.8 Å². The average molecular weight is 403 g/mol. The summed E-state index contributed by atoms with van der Waals surface area (Å²) < 4.78 is 6.64. The third-order valence-electron chi connectivity index (χ3n) is 4.15. The molecule has 1 aromatic heterocycles. The monoisotopic (exact) mass is 402 g/mol. The van der Waals surface area contributed by atoms with Gasteiger partial charge in [0, 0.05) is 35.5 Å². The number of nitrogens with zero attached hydrogens (tertiary/aromatic N) is 1. The molecule has 0 aromatic carbocycles. The van der Waals surface area contributed by atoms with Gasteiger partial charge in [-0.15, -0.1) is 11.3 Å². The van der Waals surface area contributed by atoms with E-state index in [0.717, 1.165) is 39.0 Å². The third-order valence-corrected chi connectivity index (χ3v) is 6.08. The zero-order valence-electron chi connectivity index (χ0n) is 14.4. The van der Waals surface area contributed by atoms with E-state index in [9.17, 15) is 4.79 Å². The fourth-order valence-corrected chi connectivity index (χ4v) is 4.12. The minimum atomic E-state index is -0.423. The highest BCUT2D eigenvalue weighted by Crippen LogP contribution is 2.31. The van der Waals surface area contributed by atoms with Crippen molar-refractivity contribution >= 4 is 33.4 Å². The number of thiophene rings is 1. The molecule has 0 saturated carbocycles. The summed E-state index contributed by atoms with van der Waals surface area (Å²) in [5, 5.41) is 5.67. The van der Waals surface area contributed by atoms with Crippen LogP contribution in [-0.4, -0.2) is 36.2 Å². The Balaban J connectivity index is 1.76. The molecule has 0 aliphatic carbocycles. The van der Waals surface area contributed by atoms with Gasteiger partial charge < -0.3 is 15.0 Å². The summed E-state index contributed by atoms with van der Waals surface area (Å²) in [6.45, 7) is 11.4. The Labute approximate surface area is 151 Å². The van der Waals surface area contributed by atoms with Gasteiger partial charge in [-0.1, -0.05) is 6.92 Å². The molecule has 1 amide bonds. The van der Waals surface area contributed by atoms with Crippen LogP contribution in [0.2, 0.25) is 0 Å². The molecule has 23 heavy (non-hydrogen) atoms. The van der Waals surface area contributed by atoms with Gasteiger partial charge in [0.05, 0.1) is 0 Å². The smallest absolute Gasteiger partial charge is 0.410 e. The Morgan fingerprint density at radius 1 is 1.43 bits per heavy atom. The van der Waals surface area contributed by atoms with E-state index in [1.807, 2.05) is 25.7 Å². The Bertz CT molecular complexity index is 531.